The van der Waals surface area contributed by atoms with Gasteiger partial charge in [0.2, 0.25) is 5.82 Å². The van der Waals surface area contributed by atoms with Crippen LogP contribution in [0.3, 0.4) is 0 Å². The lowest BCUT2D eigenvalue weighted by Crippen LogP contribution is -2.18. The number of aromatic nitrogens is 1. The Bertz CT molecular complexity index is 665. The molecule has 0 saturated heterocycles. The Morgan fingerprint density at radius 2 is 2.14 bits per heavy atom. The van der Waals surface area contributed by atoms with Crippen LogP contribution in [0.15, 0.2) is 36.5 Å². The molecule has 0 spiro atoms. The first kappa shape index (κ1) is 13.8. The van der Waals surface area contributed by atoms with Crippen LogP contribution < -0.4 is 5.32 Å². The van der Waals surface area contributed by atoms with Crippen LogP contribution in [0.1, 0.15) is 24.1 Å². The quantitative estimate of drug-likeness (QED) is 0.657. The molecule has 0 radical (unpaired) electrons. The summed E-state index contributed by atoms with van der Waals surface area (Å²) in [6.45, 7) is 1.02. The van der Waals surface area contributed by atoms with Crippen LogP contribution in [-0.2, 0) is 13.1 Å². The minimum Gasteiger partial charge on any atom is -0.346 e. The Morgan fingerprint density at radius 1 is 1.33 bits per heavy atom. The molecule has 1 fully saturated rings. The molecule has 3 rings (SSSR count). The molecular formula is C15H16FN3O2. The lowest BCUT2D eigenvalue weighted by Gasteiger charge is -2.11. The summed E-state index contributed by atoms with van der Waals surface area (Å²) in [5.41, 5.74) is 0.901. The molecule has 21 heavy (non-hydrogen) atoms. The highest BCUT2D eigenvalue weighted by Crippen LogP contribution is 2.22. The van der Waals surface area contributed by atoms with E-state index in [2.05, 4.69) is 5.32 Å². The van der Waals surface area contributed by atoms with E-state index in [1.807, 2.05) is 22.9 Å². The third kappa shape index (κ3) is 3.11. The molecule has 5 nitrogen and oxygen atoms in total. The van der Waals surface area contributed by atoms with Crippen LogP contribution in [0.5, 0.6) is 0 Å². The molecule has 1 N–H and O–H groups in total. The SMILES string of the molecule is O=[N+]([O-])c1cccc(Cn2cccc2CNC2CC2)c1F. The van der Waals surface area contributed by atoms with E-state index < -0.39 is 16.4 Å². The van der Waals surface area contributed by atoms with Crippen molar-refractivity contribution in [2.75, 3.05) is 0 Å². The van der Waals surface area contributed by atoms with Crippen LogP contribution in [0.4, 0.5) is 10.1 Å². The van der Waals surface area contributed by atoms with Gasteiger partial charge < -0.3 is 9.88 Å². The number of hydrogen-bond acceptors (Lipinski definition) is 3. The van der Waals surface area contributed by atoms with Crippen molar-refractivity contribution >= 4 is 5.69 Å². The summed E-state index contributed by atoms with van der Waals surface area (Å²) >= 11 is 0. The van der Waals surface area contributed by atoms with Crippen molar-refractivity contribution in [3.8, 4) is 0 Å². The van der Waals surface area contributed by atoms with Crippen LogP contribution >= 0.6 is 0 Å². The second-order valence-corrected chi connectivity index (χ2v) is 5.29. The second kappa shape index (κ2) is 5.65. The van der Waals surface area contributed by atoms with E-state index in [-0.39, 0.29) is 0 Å². The van der Waals surface area contributed by atoms with Gasteiger partial charge in [-0.25, -0.2) is 0 Å². The van der Waals surface area contributed by atoms with E-state index in [1.165, 1.54) is 25.0 Å². The first-order valence-electron chi connectivity index (χ1n) is 6.94. The fraction of sp³-hybridized carbons (Fsp3) is 0.333. The molecule has 1 aliphatic carbocycles. The summed E-state index contributed by atoms with van der Waals surface area (Å²) in [7, 11) is 0. The smallest absolute Gasteiger partial charge is 0.305 e. The molecule has 1 aliphatic rings. The normalized spacial score (nSPS) is 14.3. The Morgan fingerprint density at radius 3 is 2.86 bits per heavy atom. The average molecular weight is 289 g/mol. The Balaban J connectivity index is 1.78. The number of nitro benzene ring substituents is 1. The number of benzene rings is 1. The van der Waals surface area contributed by atoms with E-state index in [0.29, 0.717) is 18.2 Å². The van der Waals surface area contributed by atoms with Crippen molar-refractivity contribution in [1.82, 2.24) is 9.88 Å². The number of nitrogens with one attached hydrogen (secondary N) is 1. The van der Waals surface area contributed by atoms with Gasteiger partial charge in [-0.05, 0) is 25.0 Å². The predicted octanol–water partition coefficient (Wildman–Crippen LogP) is 2.84. The highest BCUT2D eigenvalue weighted by atomic mass is 19.1. The molecule has 1 heterocycles. The molecule has 1 saturated carbocycles. The summed E-state index contributed by atoms with van der Waals surface area (Å²) in [4.78, 5) is 10.1. The van der Waals surface area contributed by atoms with E-state index in [0.717, 1.165) is 12.2 Å². The molecule has 2 aromatic rings. The molecule has 1 aromatic heterocycles. The first-order chi connectivity index (χ1) is 10.1. The van der Waals surface area contributed by atoms with Gasteiger partial charge in [0, 0.05) is 36.1 Å². The third-order valence-electron chi connectivity index (χ3n) is 3.67. The van der Waals surface area contributed by atoms with Crippen molar-refractivity contribution in [3.05, 3.63) is 63.7 Å². The van der Waals surface area contributed by atoms with E-state index in [1.54, 1.807) is 6.07 Å². The van der Waals surface area contributed by atoms with E-state index >= 15 is 0 Å². The molecular weight excluding hydrogens is 273 g/mol. The zero-order valence-corrected chi connectivity index (χ0v) is 11.5. The number of rotatable bonds is 6. The lowest BCUT2D eigenvalue weighted by atomic mass is 10.2. The van der Waals surface area contributed by atoms with Crippen LogP contribution in [0.2, 0.25) is 0 Å². The zero-order valence-electron chi connectivity index (χ0n) is 11.5. The molecule has 0 amide bonds. The van der Waals surface area contributed by atoms with Gasteiger partial charge >= 0.3 is 5.69 Å². The van der Waals surface area contributed by atoms with E-state index in [4.69, 9.17) is 0 Å². The number of nitrogens with zero attached hydrogens (tertiary/aromatic N) is 2. The topological polar surface area (TPSA) is 60.1 Å². The zero-order chi connectivity index (χ0) is 14.8. The van der Waals surface area contributed by atoms with Crippen molar-refractivity contribution in [3.63, 3.8) is 0 Å². The largest absolute Gasteiger partial charge is 0.346 e. The summed E-state index contributed by atoms with van der Waals surface area (Å²) in [5, 5.41) is 14.2. The van der Waals surface area contributed by atoms with Gasteiger partial charge in [0.25, 0.3) is 0 Å². The van der Waals surface area contributed by atoms with Crippen molar-refractivity contribution in [2.45, 2.75) is 32.0 Å². The number of hydrogen-bond donors (Lipinski definition) is 1. The number of nitro groups is 1. The summed E-state index contributed by atoms with van der Waals surface area (Å²) in [5.74, 6) is -0.752. The average Bonchev–Trinajstić information content (AvgIpc) is 3.18. The van der Waals surface area contributed by atoms with Crippen LogP contribution in [0, 0.1) is 15.9 Å². The maximum absolute atomic E-state index is 14.1. The molecule has 0 bridgehead atoms. The fourth-order valence-corrected chi connectivity index (χ4v) is 2.31. The minimum absolute atomic E-state index is 0.294. The summed E-state index contributed by atoms with van der Waals surface area (Å²) in [6.07, 6.45) is 4.28. The Hall–Kier alpha value is -2.21. The lowest BCUT2D eigenvalue weighted by molar-refractivity contribution is -0.387. The maximum Gasteiger partial charge on any atom is 0.305 e. The Kier molecular flexibility index (Phi) is 3.70. The van der Waals surface area contributed by atoms with Gasteiger partial charge in [0.1, 0.15) is 0 Å². The fourth-order valence-electron chi connectivity index (χ4n) is 2.31. The van der Waals surface area contributed by atoms with E-state index in [9.17, 15) is 14.5 Å². The van der Waals surface area contributed by atoms with Gasteiger partial charge in [-0.1, -0.05) is 12.1 Å². The van der Waals surface area contributed by atoms with Crippen molar-refractivity contribution in [2.24, 2.45) is 0 Å². The molecule has 6 heteroatoms. The third-order valence-corrected chi connectivity index (χ3v) is 3.67. The minimum atomic E-state index is -0.752. The predicted molar refractivity (Wildman–Crippen MR) is 76.5 cm³/mol. The van der Waals surface area contributed by atoms with Crippen molar-refractivity contribution in [1.29, 1.82) is 0 Å². The standard InChI is InChI=1S/C15H16FN3O2/c16-15-11(3-1-5-14(15)19(20)21)10-18-8-2-4-13(18)9-17-12-6-7-12/h1-5,8,12,17H,6-7,9-10H2. The number of halogens is 1. The van der Waals surface area contributed by atoms with Gasteiger partial charge in [-0.3, -0.25) is 10.1 Å². The van der Waals surface area contributed by atoms with Crippen LogP contribution in [0.25, 0.3) is 0 Å². The van der Waals surface area contributed by atoms with Crippen LogP contribution in [-0.4, -0.2) is 15.5 Å². The van der Waals surface area contributed by atoms with Crippen molar-refractivity contribution < 1.29 is 9.31 Å². The molecule has 1 aromatic carbocycles. The molecule has 0 atom stereocenters. The second-order valence-electron chi connectivity index (χ2n) is 5.29. The first-order valence-corrected chi connectivity index (χ1v) is 6.94. The molecule has 0 unspecified atom stereocenters. The maximum atomic E-state index is 14.1. The molecule has 110 valence electrons. The van der Waals surface area contributed by atoms with Gasteiger partial charge in [0.15, 0.2) is 0 Å². The summed E-state index contributed by atoms with van der Waals surface area (Å²) in [6, 6.07) is 8.76. The highest BCUT2D eigenvalue weighted by molar-refractivity contribution is 5.37. The van der Waals surface area contributed by atoms with Gasteiger partial charge in [-0.2, -0.15) is 4.39 Å². The monoisotopic (exact) mass is 289 g/mol. The summed E-state index contributed by atoms with van der Waals surface area (Å²) < 4.78 is 16.0. The Labute approximate surface area is 121 Å². The highest BCUT2D eigenvalue weighted by Gasteiger charge is 2.21. The van der Waals surface area contributed by atoms with Gasteiger partial charge in [-0.15, -0.1) is 0 Å². The van der Waals surface area contributed by atoms with Gasteiger partial charge in [0.05, 0.1) is 11.5 Å². The molecule has 0 aliphatic heterocycles.